The minimum Gasteiger partial charge on any atom is -0.481 e. The number of aliphatic hydroxyl groups is 1. The van der Waals surface area contributed by atoms with E-state index in [0.717, 1.165) is 6.92 Å². The van der Waals surface area contributed by atoms with Crippen molar-refractivity contribution in [2.24, 2.45) is 56.4 Å². The van der Waals surface area contributed by atoms with Gasteiger partial charge in [0.05, 0.1) is 12.6 Å². The fraction of sp³-hybridized carbons (Fsp3) is 0.739. The van der Waals surface area contributed by atoms with Crippen LogP contribution in [0.15, 0.2) is 9.98 Å². The van der Waals surface area contributed by atoms with Gasteiger partial charge in [0.15, 0.2) is 11.9 Å². The van der Waals surface area contributed by atoms with Gasteiger partial charge in [0.25, 0.3) is 5.97 Å². The summed E-state index contributed by atoms with van der Waals surface area (Å²) in [6.07, 6.45) is 1.41. The average molecular weight is 1090 g/mol. The number of amides is 8. The Hall–Kier alpha value is -6.49. The van der Waals surface area contributed by atoms with Crippen LogP contribution in [0.4, 0.5) is 0 Å². The molecule has 0 saturated carbocycles. The second-order valence-corrected chi connectivity index (χ2v) is 19.8. The van der Waals surface area contributed by atoms with Crippen LogP contribution in [0.3, 0.4) is 0 Å². The van der Waals surface area contributed by atoms with E-state index in [0.29, 0.717) is 6.42 Å². The molecule has 0 aromatic rings. The van der Waals surface area contributed by atoms with Crippen LogP contribution >= 0.6 is 12.6 Å². The zero-order chi connectivity index (χ0) is 57.7. The normalized spacial score (nSPS) is 16.2. The van der Waals surface area contributed by atoms with E-state index in [-0.39, 0.29) is 106 Å². The van der Waals surface area contributed by atoms with Crippen LogP contribution in [0, 0.1) is 17.8 Å². The largest absolute Gasteiger partial charge is 0.481 e. The molecule has 20 N–H and O–H groups in total. The van der Waals surface area contributed by atoms with Crippen LogP contribution in [0.2, 0.25) is 0 Å². The molecule has 0 bridgehead atoms. The number of carboxylic acid groups (broad SMARTS) is 2. The van der Waals surface area contributed by atoms with Crippen LogP contribution < -0.4 is 65.9 Å². The van der Waals surface area contributed by atoms with Gasteiger partial charge in [0, 0.05) is 32.3 Å². The second kappa shape index (κ2) is 35.7. The molecule has 1 heterocycles. The lowest BCUT2D eigenvalue weighted by atomic mass is 9.98. The predicted molar refractivity (Wildman–Crippen MR) is 282 cm³/mol. The fourth-order valence-corrected chi connectivity index (χ4v) is 7.65. The Bertz CT molecular complexity index is 1960. The Labute approximate surface area is 443 Å². The number of thiol groups is 1. The van der Waals surface area contributed by atoms with E-state index in [9.17, 15) is 53.4 Å². The lowest BCUT2D eigenvalue weighted by Crippen LogP contribution is -2.60. The van der Waals surface area contributed by atoms with Gasteiger partial charge in [0.1, 0.15) is 48.3 Å². The summed E-state index contributed by atoms with van der Waals surface area (Å²) in [5.41, 5.74) is 27.3. The summed E-state index contributed by atoms with van der Waals surface area (Å²) in [4.78, 5) is 138. The molecule has 0 unspecified atom stereocenters. The van der Waals surface area contributed by atoms with Crippen molar-refractivity contribution in [1.29, 1.82) is 0 Å². The minimum atomic E-state index is -1.60. The minimum absolute atomic E-state index is 0.0141. The Morgan fingerprint density at radius 1 is 0.587 bits per heavy atom. The highest BCUT2D eigenvalue weighted by Crippen LogP contribution is 2.20. The van der Waals surface area contributed by atoms with Crippen molar-refractivity contribution >= 4 is 83.7 Å². The van der Waals surface area contributed by atoms with Crippen molar-refractivity contribution < 1.29 is 63.3 Å². The third kappa shape index (κ3) is 28.1. The Morgan fingerprint density at radius 2 is 0.960 bits per heavy atom. The van der Waals surface area contributed by atoms with Crippen molar-refractivity contribution in [2.45, 2.75) is 168 Å². The summed E-state index contributed by atoms with van der Waals surface area (Å²) < 4.78 is 0. The first-order chi connectivity index (χ1) is 34.9. The van der Waals surface area contributed by atoms with Crippen LogP contribution in [0.25, 0.3) is 0 Å². The van der Waals surface area contributed by atoms with Crippen molar-refractivity contribution in [3.63, 3.8) is 0 Å². The molecule has 75 heavy (non-hydrogen) atoms. The number of aliphatic carboxylic acids is 2. The first-order valence-electron chi connectivity index (χ1n) is 24.9. The quantitative estimate of drug-likeness (QED) is 0.0132. The summed E-state index contributed by atoms with van der Waals surface area (Å²) in [6, 6.07) is -11.0. The molecule has 1 aliphatic rings. The first-order valence-corrected chi connectivity index (χ1v) is 25.5. The summed E-state index contributed by atoms with van der Waals surface area (Å²) in [5, 5.41) is 45.5. The standard InChI is InChI=1S/C44H81N15O11S.C2H4O2/c1-22(2)17-29(55-34(61)26(45)21-71)36(63)56-30(18-23(3)4)37(64)57-31(19-24(5)6)38(65)58-32(20-60)39(66)52-25(7)41(68)59-16-10-13-33(59)40(67)53-27(11-8-14-50-43(46)47)35(62)54-28(42(69)70)12-9-15-51-44(48)49;1-2(3)4/h22-33,60,71H,8-21,45H2,1-7H3,(H,52,66)(H,53,67)(H,54,62)(H,55,61)(H,56,63)(H,57,64)(H,58,65)(H,69,70)(H4,46,47,50)(H4,48,49,51);1H3,(H,3,4)/t25-,26-,27-,28-,29-,30-,31-,32-,33-;/m0./s1. The van der Waals surface area contributed by atoms with E-state index in [2.05, 4.69) is 59.8 Å². The third-order valence-electron chi connectivity index (χ3n) is 11.1. The van der Waals surface area contributed by atoms with E-state index in [1.807, 2.05) is 27.7 Å². The van der Waals surface area contributed by atoms with Gasteiger partial charge < -0.3 is 86.1 Å². The molecule has 0 aromatic carbocycles. The molecule has 1 fully saturated rings. The van der Waals surface area contributed by atoms with Crippen LogP contribution in [0.1, 0.15) is 113 Å². The van der Waals surface area contributed by atoms with E-state index in [1.165, 1.54) is 11.8 Å². The van der Waals surface area contributed by atoms with Crippen LogP contribution in [0.5, 0.6) is 0 Å². The zero-order valence-electron chi connectivity index (χ0n) is 44.4. The summed E-state index contributed by atoms with van der Waals surface area (Å²) in [6.45, 7) is 12.8. The Balaban J connectivity index is 0.0000132. The number of aliphatic imine (C=N–C) groups is 2. The Kier molecular flexibility index (Phi) is 32.6. The van der Waals surface area contributed by atoms with Crippen LogP contribution in [-0.4, -0.2) is 178 Å². The van der Waals surface area contributed by atoms with Gasteiger partial charge in [0.2, 0.25) is 47.3 Å². The van der Waals surface area contributed by atoms with E-state index < -0.39 is 120 Å². The SMILES string of the molecule is CC(=O)O.CC(C)C[C@H](NC(=O)[C@H](CC(C)C)NC(=O)[C@H](CC(C)C)NC(=O)[C@@H](N)CS)C(=O)N[C@@H](CO)C(=O)N[C@@H](C)C(=O)N1CCC[C@H]1C(=O)N[C@@H](CCCN=C(N)N)C(=O)N[C@@H](CCCN=C(N)N)C(=O)O. The number of carbonyl (C=O) groups excluding carboxylic acids is 8. The molecule has 0 spiro atoms. The molecular weight excluding hydrogens is 1000 g/mol. The first kappa shape index (κ1) is 68.5. The van der Waals surface area contributed by atoms with Gasteiger partial charge in [-0.25, -0.2) is 4.79 Å². The van der Waals surface area contributed by atoms with E-state index in [4.69, 9.17) is 38.6 Å². The van der Waals surface area contributed by atoms with Crippen molar-refractivity contribution in [3.05, 3.63) is 0 Å². The highest BCUT2D eigenvalue weighted by atomic mass is 32.1. The number of aliphatic hydroxyl groups excluding tert-OH is 1. The molecule has 0 aromatic heterocycles. The second-order valence-electron chi connectivity index (χ2n) is 19.4. The number of nitrogens with zero attached hydrogens (tertiary/aromatic N) is 3. The van der Waals surface area contributed by atoms with Gasteiger partial charge in [-0.15, -0.1) is 0 Å². The number of hydrogen-bond acceptors (Lipinski definition) is 15. The van der Waals surface area contributed by atoms with Gasteiger partial charge in [-0.1, -0.05) is 41.5 Å². The van der Waals surface area contributed by atoms with Crippen molar-refractivity contribution in [1.82, 2.24) is 42.1 Å². The number of nitrogens with two attached hydrogens (primary N) is 5. The smallest absolute Gasteiger partial charge is 0.326 e. The Morgan fingerprint density at radius 3 is 1.35 bits per heavy atom. The lowest BCUT2D eigenvalue weighted by molar-refractivity contribution is -0.143. The number of likely N-dealkylation sites (tertiary alicyclic amines) is 1. The molecule has 1 rings (SSSR count). The molecular formula is C46H85N15O13S. The number of nitrogens with one attached hydrogen (secondary N) is 7. The number of carbonyl (C=O) groups is 10. The molecule has 1 saturated heterocycles. The van der Waals surface area contributed by atoms with Gasteiger partial charge in [-0.3, -0.25) is 53.1 Å². The molecule has 428 valence electrons. The monoisotopic (exact) mass is 1090 g/mol. The maximum Gasteiger partial charge on any atom is 0.326 e. The molecule has 0 aliphatic carbocycles. The topological polar surface area (TPSA) is 474 Å². The van der Waals surface area contributed by atoms with Crippen molar-refractivity contribution in [3.8, 4) is 0 Å². The van der Waals surface area contributed by atoms with E-state index >= 15 is 0 Å². The average Bonchev–Trinajstić information content (AvgIpc) is 3.80. The summed E-state index contributed by atoms with van der Waals surface area (Å²) in [5.74, 6) is -8.75. The third-order valence-corrected chi connectivity index (χ3v) is 11.5. The fourth-order valence-electron chi connectivity index (χ4n) is 7.48. The molecule has 29 heteroatoms. The molecule has 0 radical (unpaired) electrons. The van der Waals surface area contributed by atoms with Crippen molar-refractivity contribution in [2.75, 3.05) is 32.0 Å². The number of carboxylic acids is 2. The molecule has 8 amide bonds. The maximum absolute atomic E-state index is 13.9. The van der Waals surface area contributed by atoms with Crippen LogP contribution in [-0.2, 0) is 47.9 Å². The molecule has 1 aliphatic heterocycles. The molecule has 28 nitrogen and oxygen atoms in total. The van der Waals surface area contributed by atoms with Gasteiger partial charge in [-0.05, 0) is 82.5 Å². The predicted octanol–water partition coefficient (Wildman–Crippen LogP) is -3.94. The summed E-state index contributed by atoms with van der Waals surface area (Å²) >= 11 is 4.05. The summed E-state index contributed by atoms with van der Waals surface area (Å²) in [7, 11) is 0. The number of guanidine groups is 2. The highest BCUT2D eigenvalue weighted by molar-refractivity contribution is 7.80. The number of hydrogen-bond donors (Lipinski definition) is 16. The number of rotatable bonds is 32. The molecule has 9 atom stereocenters. The maximum atomic E-state index is 13.9. The lowest BCUT2D eigenvalue weighted by Gasteiger charge is -2.30. The highest BCUT2D eigenvalue weighted by Gasteiger charge is 2.39. The van der Waals surface area contributed by atoms with Gasteiger partial charge in [-0.2, -0.15) is 12.6 Å². The van der Waals surface area contributed by atoms with Gasteiger partial charge >= 0.3 is 5.97 Å². The van der Waals surface area contributed by atoms with E-state index in [1.54, 1.807) is 13.8 Å². The zero-order valence-corrected chi connectivity index (χ0v) is 45.3.